The number of aliphatic hydroxyl groups excluding tert-OH is 1. The molecular formula is C12H14F3NO3S. The van der Waals surface area contributed by atoms with Gasteiger partial charge in [0.2, 0.25) is 10.0 Å². The van der Waals surface area contributed by atoms with E-state index in [2.05, 4.69) is 0 Å². The fourth-order valence-electron chi connectivity index (χ4n) is 2.28. The molecule has 1 atom stereocenters. The van der Waals surface area contributed by atoms with Crippen molar-refractivity contribution in [3.8, 4) is 0 Å². The molecule has 1 aliphatic rings. The first-order chi connectivity index (χ1) is 9.37. The highest BCUT2D eigenvalue weighted by Gasteiger charge is 2.35. The van der Waals surface area contributed by atoms with Gasteiger partial charge < -0.3 is 5.11 Å². The zero-order chi connectivity index (χ0) is 14.9. The fourth-order valence-corrected chi connectivity index (χ4v) is 3.87. The van der Waals surface area contributed by atoms with Crippen molar-refractivity contribution in [1.29, 1.82) is 0 Å². The lowest BCUT2D eigenvalue weighted by Crippen LogP contribution is -2.30. The zero-order valence-corrected chi connectivity index (χ0v) is 11.3. The Bertz CT molecular complexity index is 606. The molecule has 0 amide bonds. The average molecular weight is 309 g/mol. The van der Waals surface area contributed by atoms with E-state index >= 15 is 0 Å². The normalized spacial score (nSPS) is 20.5. The van der Waals surface area contributed by atoms with E-state index in [-0.39, 0.29) is 25.6 Å². The summed E-state index contributed by atoms with van der Waals surface area (Å²) in [7, 11) is -4.19. The zero-order valence-electron chi connectivity index (χ0n) is 10.5. The van der Waals surface area contributed by atoms with Crippen LogP contribution in [0.15, 0.2) is 17.0 Å². The summed E-state index contributed by atoms with van der Waals surface area (Å²) in [6.07, 6.45) is 0.997. The third-order valence-electron chi connectivity index (χ3n) is 3.40. The molecule has 1 aliphatic heterocycles. The molecule has 1 saturated heterocycles. The molecule has 2 rings (SSSR count). The monoisotopic (exact) mass is 309 g/mol. The van der Waals surface area contributed by atoms with Crippen LogP contribution in [0.2, 0.25) is 0 Å². The number of benzene rings is 1. The van der Waals surface area contributed by atoms with E-state index in [9.17, 15) is 21.6 Å². The van der Waals surface area contributed by atoms with Gasteiger partial charge in [0.1, 0.15) is 4.90 Å². The van der Waals surface area contributed by atoms with Crippen LogP contribution in [0, 0.1) is 23.4 Å². The summed E-state index contributed by atoms with van der Waals surface area (Å²) in [6.45, 7) is 0.255. The van der Waals surface area contributed by atoms with E-state index in [1.54, 1.807) is 0 Å². The highest BCUT2D eigenvalue weighted by Crippen LogP contribution is 2.28. The Morgan fingerprint density at radius 2 is 1.95 bits per heavy atom. The van der Waals surface area contributed by atoms with Crippen molar-refractivity contribution in [3.63, 3.8) is 0 Å². The minimum atomic E-state index is -4.19. The summed E-state index contributed by atoms with van der Waals surface area (Å²) in [5.41, 5.74) is 0. The van der Waals surface area contributed by atoms with Crippen molar-refractivity contribution in [2.75, 3.05) is 19.7 Å². The first-order valence-electron chi connectivity index (χ1n) is 6.12. The molecule has 0 aliphatic carbocycles. The number of sulfonamides is 1. The molecular weight excluding hydrogens is 295 g/mol. The molecule has 1 unspecified atom stereocenters. The van der Waals surface area contributed by atoms with Crippen molar-refractivity contribution in [2.24, 2.45) is 5.92 Å². The quantitative estimate of drug-likeness (QED) is 0.858. The highest BCUT2D eigenvalue weighted by atomic mass is 32.2. The lowest BCUT2D eigenvalue weighted by molar-refractivity contribution is 0.259. The van der Waals surface area contributed by atoms with Gasteiger partial charge in [-0.15, -0.1) is 0 Å². The predicted octanol–water partition coefficient (Wildman–Crippen LogP) is 1.50. The van der Waals surface area contributed by atoms with Crippen LogP contribution < -0.4 is 0 Å². The van der Waals surface area contributed by atoms with Crippen LogP contribution in [0.4, 0.5) is 13.2 Å². The largest absolute Gasteiger partial charge is 0.396 e. The van der Waals surface area contributed by atoms with Crippen LogP contribution >= 0.6 is 0 Å². The Morgan fingerprint density at radius 3 is 2.60 bits per heavy atom. The molecule has 0 aromatic heterocycles. The van der Waals surface area contributed by atoms with Crippen molar-refractivity contribution in [2.45, 2.75) is 17.7 Å². The van der Waals surface area contributed by atoms with Crippen LogP contribution in [-0.4, -0.2) is 37.5 Å². The summed E-state index contributed by atoms with van der Waals surface area (Å²) in [6, 6.07) is 1.31. The second-order valence-corrected chi connectivity index (χ2v) is 6.61. The van der Waals surface area contributed by atoms with Crippen LogP contribution in [0.25, 0.3) is 0 Å². The van der Waals surface area contributed by atoms with Crippen molar-refractivity contribution >= 4 is 10.0 Å². The maximum absolute atomic E-state index is 13.6. The van der Waals surface area contributed by atoms with Crippen LogP contribution in [0.1, 0.15) is 12.8 Å². The van der Waals surface area contributed by atoms with Gasteiger partial charge in [-0.05, 0) is 30.9 Å². The second-order valence-electron chi connectivity index (χ2n) is 4.70. The van der Waals surface area contributed by atoms with Crippen molar-refractivity contribution in [1.82, 2.24) is 4.31 Å². The predicted molar refractivity (Wildman–Crippen MR) is 64.9 cm³/mol. The lowest BCUT2D eigenvalue weighted by atomic mass is 10.1. The Labute approximate surface area is 114 Å². The van der Waals surface area contributed by atoms with Crippen LogP contribution in [-0.2, 0) is 10.0 Å². The van der Waals surface area contributed by atoms with Gasteiger partial charge in [-0.25, -0.2) is 21.6 Å². The van der Waals surface area contributed by atoms with Gasteiger partial charge in [0.05, 0.1) is 0 Å². The number of hydrogen-bond donors (Lipinski definition) is 1. The van der Waals surface area contributed by atoms with Crippen molar-refractivity contribution in [3.05, 3.63) is 29.6 Å². The first-order valence-corrected chi connectivity index (χ1v) is 7.56. The van der Waals surface area contributed by atoms with Crippen molar-refractivity contribution < 1.29 is 26.7 Å². The Balaban J connectivity index is 2.30. The minimum Gasteiger partial charge on any atom is -0.396 e. The Morgan fingerprint density at radius 1 is 1.25 bits per heavy atom. The lowest BCUT2D eigenvalue weighted by Gasteiger charge is -2.17. The first kappa shape index (κ1) is 15.3. The van der Waals surface area contributed by atoms with Crippen LogP contribution in [0.5, 0.6) is 0 Å². The standard InChI is InChI=1S/C12H14F3NO3S/c13-9-1-2-10(12(15)11(9)14)20(18,19)16-5-3-8(7-16)4-6-17/h1-2,8,17H,3-7H2. The number of nitrogens with zero attached hydrogens (tertiary/aromatic N) is 1. The second kappa shape index (κ2) is 5.71. The number of rotatable bonds is 4. The van der Waals surface area contributed by atoms with Gasteiger partial charge in [0, 0.05) is 19.7 Å². The Kier molecular flexibility index (Phi) is 4.36. The Hall–Kier alpha value is -1.12. The molecule has 0 bridgehead atoms. The molecule has 112 valence electrons. The number of halogens is 3. The van der Waals surface area contributed by atoms with E-state index < -0.39 is 32.4 Å². The highest BCUT2D eigenvalue weighted by molar-refractivity contribution is 7.89. The maximum atomic E-state index is 13.6. The van der Waals surface area contributed by atoms with Gasteiger partial charge in [0.15, 0.2) is 17.5 Å². The fraction of sp³-hybridized carbons (Fsp3) is 0.500. The molecule has 1 heterocycles. The molecule has 1 N–H and O–H groups in total. The summed E-state index contributed by atoms with van der Waals surface area (Å²) < 4.78 is 65.0. The van der Waals surface area contributed by atoms with Gasteiger partial charge in [-0.1, -0.05) is 0 Å². The third-order valence-corrected chi connectivity index (χ3v) is 5.29. The SMILES string of the molecule is O=S(=O)(c1ccc(F)c(F)c1F)N1CCC(CCO)C1. The summed E-state index contributed by atoms with van der Waals surface area (Å²) in [4.78, 5) is -0.860. The maximum Gasteiger partial charge on any atom is 0.246 e. The van der Waals surface area contributed by atoms with Gasteiger partial charge in [-0.3, -0.25) is 0 Å². The number of hydrogen-bond acceptors (Lipinski definition) is 3. The van der Waals surface area contributed by atoms with Crippen LogP contribution in [0.3, 0.4) is 0 Å². The molecule has 20 heavy (non-hydrogen) atoms. The molecule has 0 saturated carbocycles. The average Bonchev–Trinajstić information content (AvgIpc) is 2.85. The molecule has 1 aromatic carbocycles. The summed E-state index contributed by atoms with van der Waals surface area (Å²) in [5.74, 6) is -4.93. The number of aliphatic hydroxyl groups is 1. The van der Waals surface area contributed by atoms with E-state index in [4.69, 9.17) is 5.11 Å². The summed E-state index contributed by atoms with van der Waals surface area (Å²) in [5, 5.41) is 8.82. The molecule has 8 heteroatoms. The van der Waals surface area contributed by atoms with E-state index in [1.807, 2.05) is 0 Å². The van der Waals surface area contributed by atoms with E-state index in [0.717, 1.165) is 10.4 Å². The molecule has 0 radical (unpaired) electrons. The topological polar surface area (TPSA) is 57.6 Å². The van der Waals surface area contributed by atoms with Gasteiger partial charge in [-0.2, -0.15) is 4.31 Å². The molecule has 1 aromatic rings. The smallest absolute Gasteiger partial charge is 0.246 e. The molecule has 0 spiro atoms. The third kappa shape index (κ3) is 2.68. The molecule has 1 fully saturated rings. The summed E-state index contributed by atoms with van der Waals surface area (Å²) >= 11 is 0. The van der Waals surface area contributed by atoms with E-state index in [0.29, 0.717) is 18.9 Å². The van der Waals surface area contributed by atoms with E-state index in [1.165, 1.54) is 0 Å². The van der Waals surface area contributed by atoms with Gasteiger partial charge >= 0.3 is 0 Å². The molecule has 4 nitrogen and oxygen atoms in total. The minimum absolute atomic E-state index is 0.0110. The van der Waals surface area contributed by atoms with Gasteiger partial charge in [0.25, 0.3) is 0 Å².